The van der Waals surface area contributed by atoms with Crippen LogP contribution in [0.2, 0.25) is 0 Å². The Kier molecular flexibility index (Phi) is 8.00. The fraction of sp³-hybridized carbons (Fsp3) is 0.250. The van der Waals surface area contributed by atoms with Gasteiger partial charge >= 0.3 is 5.97 Å². The van der Waals surface area contributed by atoms with Crippen molar-refractivity contribution < 1.29 is 28.2 Å². The van der Waals surface area contributed by atoms with E-state index < -0.39 is 29.6 Å². The van der Waals surface area contributed by atoms with Crippen molar-refractivity contribution in [1.82, 2.24) is 0 Å². The number of ketones is 1. The molecule has 36 heavy (non-hydrogen) atoms. The quantitative estimate of drug-likeness (QED) is 0.210. The molecule has 3 aromatic carbocycles. The molecule has 0 radical (unpaired) electrons. The molecule has 1 heterocycles. The van der Waals surface area contributed by atoms with Crippen LogP contribution in [-0.2, 0) is 14.3 Å². The van der Waals surface area contributed by atoms with E-state index in [1.54, 1.807) is 24.3 Å². The summed E-state index contributed by atoms with van der Waals surface area (Å²) in [5.74, 6) is -1.11. The van der Waals surface area contributed by atoms with Gasteiger partial charge in [0.25, 0.3) is 0 Å². The van der Waals surface area contributed by atoms with E-state index in [9.17, 15) is 18.8 Å². The maximum atomic E-state index is 13.2. The van der Waals surface area contributed by atoms with Crippen LogP contribution in [0.15, 0.2) is 72.8 Å². The monoisotopic (exact) mass is 509 g/mol. The molecule has 6 nitrogen and oxygen atoms in total. The summed E-state index contributed by atoms with van der Waals surface area (Å²) in [6, 6.07) is 19.7. The molecule has 0 bridgehead atoms. The zero-order valence-electron chi connectivity index (χ0n) is 19.7. The van der Waals surface area contributed by atoms with Crippen molar-refractivity contribution in [1.29, 1.82) is 0 Å². The molecule has 2 atom stereocenters. The molecule has 1 fully saturated rings. The fourth-order valence-electron chi connectivity index (χ4n) is 3.93. The first-order valence-electron chi connectivity index (χ1n) is 11.5. The van der Waals surface area contributed by atoms with Gasteiger partial charge in [0.2, 0.25) is 11.7 Å². The molecule has 1 aliphatic rings. The second-order valence-electron chi connectivity index (χ2n) is 8.59. The highest BCUT2D eigenvalue weighted by atomic mass is 35.5. The van der Waals surface area contributed by atoms with Crippen LogP contribution in [0.25, 0.3) is 0 Å². The highest BCUT2D eigenvalue weighted by Crippen LogP contribution is 2.30. The van der Waals surface area contributed by atoms with Gasteiger partial charge in [0.1, 0.15) is 17.3 Å². The van der Waals surface area contributed by atoms with Crippen LogP contribution in [0.4, 0.5) is 10.1 Å². The van der Waals surface area contributed by atoms with Crippen LogP contribution < -0.4 is 9.64 Å². The van der Waals surface area contributed by atoms with Gasteiger partial charge in [0, 0.05) is 36.5 Å². The molecule has 0 aromatic heterocycles. The number of carbonyl (C=O) groups is 3. The average molecular weight is 510 g/mol. The summed E-state index contributed by atoms with van der Waals surface area (Å²) >= 11 is 5.82. The molecular weight excluding hydrogens is 485 g/mol. The topological polar surface area (TPSA) is 72.9 Å². The van der Waals surface area contributed by atoms with Crippen LogP contribution in [0.3, 0.4) is 0 Å². The highest BCUT2D eigenvalue weighted by molar-refractivity contribution is 6.18. The summed E-state index contributed by atoms with van der Waals surface area (Å²) < 4.78 is 24.5. The highest BCUT2D eigenvalue weighted by Gasteiger charge is 2.38. The number of Topliss-reactive ketones (excluding diaryl/α,β-unsaturated/α-hetero) is 1. The predicted molar refractivity (Wildman–Crippen MR) is 134 cm³/mol. The number of nitrogens with zero attached hydrogens (tertiary/aromatic N) is 1. The number of alkyl halides is 1. The Balaban J connectivity index is 1.39. The van der Waals surface area contributed by atoms with Crippen molar-refractivity contribution in [2.24, 2.45) is 5.92 Å². The predicted octanol–water partition coefficient (Wildman–Crippen LogP) is 5.70. The Labute approximate surface area is 213 Å². The maximum Gasteiger partial charge on any atom is 0.312 e. The third-order valence-corrected chi connectivity index (χ3v) is 6.13. The van der Waals surface area contributed by atoms with Gasteiger partial charge in [0.15, 0.2) is 6.10 Å². The standard InChI is InChI=1S/C28H25ClFNO5/c1-18-2-10-23(11-3-18)35-24-12-8-22(9-13-24)31-17-20(16-26(31)32)28(34)36-25(14-15-29)27(33)19-4-6-21(30)7-5-19/h2-13,20,25H,14-17H2,1H3/t20-,25+/m1/s1. The summed E-state index contributed by atoms with van der Waals surface area (Å²) in [5.41, 5.74) is 1.98. The third-order valence-electron chi connectivity index (χ3n) is 5.91. The number of hydrogen-bond acceptors (Lipinski definition) is 5. The third kappa shape index (κ3) is 6.10. The average Bonchev–Trinajstić information content (AvgIpc) is 3.27. The first-order chi connectivity index (χ1) is 17.3. The molecule has 186 valence electrons. The Hall–Kier alpha value is -3.71. The lowest BCUT2D eigenvalue weighted by molar-refractivity contribution is -0.151. The Morgan fingerprint density at radius 1 is 1.00 bits per heavy atom. The zero-order chi connectivity index (χ0) is 25.7. The Morgan fingerprint density at radius 3 is 2.22 bits per heavy atom. The van der Waals surface area contributed by atoms with Crippen LogP contribution >= 0.6 is 11.6 Å². The van der Waals surface area contributed by atoms with E-state index in [-0.39, 0.29) is 36.7 Å². The van der Waals surface area contributed by atoms with Crippen molar-refractivity contribution in [2.75, 3.05) is 17.3 Å². The van der Waals surface area contributed by atoms with Gasteiger partial charge in [-0.1, -0.05) is 17.7 Å². The van der Waals surface area contributed by atoms with Gasteiger partial charge in [-0.25, -0.2) is 4.39 Å². The molecule has 4 rings (SSSR count). The minimum atomic E-state index is -1.11. The van der Waals surface area contributed by atoms with Crippen LogP contribution in [0.5, 0.6) is 11.5 Å². The summed E-state index contributed by atoms with van der Waals surface area (Å²) in [5, 5.41) is 0. The first-order valence-corrected chi connectivity index (χ1v) is 12.1. The zero-order valence-corrected chi connectivity index (χ0v) is 20.4. The number of rotatable bonds is 9. The molecule has 0 N–H and O–H groups in total. The molecule has 3 aromatic rings. The van der Waals surface area contributed by atoms with Crippen molar-refractivity contribution in [3.63, 3.8) is 0 Å². The first kappa shape index (κ1) is 25.4. The van der Waals surface area contributed by atoms with E-state index >= 15 is 0 Å². The summed E-state index contributed by atoms with van der Waals surface area (Å²) in [7, 11) is 0. The number of carbonyl (C=O) groups excluding carboxylic acids is 3. The van der Waals surface area contributed by atoms with Gasteiger partial charge in [-0.3, -0.25) is 14.4 Å². The second kappa shape index (κ2) is 11.4. The number of esters is 1. The molecule has 0 aliphatic carbocycles. The van der Waals surface area contributed by atoms with E-state index in [1.165, 1.54) is 17.0 Å². The fourth-order valence-corrected chi connectivity index (χ4v) is 4.13. The Morgan fingerprint density at radius 2 is 1.61 bits per heavy atom. The lowest BCUT2D eigenvalue weighted by atomic mass is 10.0. The van der Waals surface area contributed by atoms with Gasteiger partial charge in [-0.05, 0) is 67.6 Å². The number of anilines is 1. The van der Waals surface area contributed by atoms with Crippen LogP contribution in [-0.4, -0.2) is 36.2 Å². The molecule has 8 heteroatoms. The summed E-state index contributed by atoms with van der Waals surface area (Å²) in [6.07, 6.45) is -1.03. The van der Waals surface area contributed by atoms with E-state index in [4.69, 9.17) is 21.1 Å². The number of halogens is 2. The smallest absolute Gasteiger partial charge is 0.312 e. The van der Waals surface area contributed by atoms with Gasteiger partial charge in [-0.15, -0.1) is 11.6 Å². The van der Waals surface area contributed by atoms with Crippen LogP contribution in [0, 0.1) is 18.7 Å². The van der Waals surface area contributed by atoms with Crippen LogP contribution in [0.1, 0.15) is 28.8 Å². The Bertz CT molecular complexity index is 1230. The van der Waals surface area contributed by atoms with Crippen molar-refractivity contribution in [3.05, 3.63) is 89.7 Å². The number of aryl methyl sites for hydroxylation is 1. The van der Waals surface area contributed by atoms with E-state index in [0.717, 1.165) is 17.7 Å². The summed E-state index contributed by atoms with van der Waals surface area (Å²) in [6.45, 7) is 2.13. The molecule has 0 unspecified atom stereocenters. The molecule has 1 saturated heterocycles. The molecule has 1 aliphatic heterocycles. The minimum Gasteiger partial charge on any atom is -0.457 e. The molecule has 1 amide bonds. The molecule has 0 saturated carbocycles. The van der Waals surface area contributed by atoms with Crippen molar-refractivity contribution >= 4 is 34.9 Å². The van der Waals surface area contributed by atoms with E-state index in [0.29, 0.717) is 17.2 Å². The van der Waals surface area contributed by atoms with E-state index in [2.05, 4.69) is 0 Å². The van der Waals surface area contributed by atoms with Gasteiger partial charge < -0.3 is 14.4 Å². The minimum absolute atomic E-state index is 0.0290. The lowest BCUT2D eigenvalue weighted by Gasteiger charge is -2.19. The van der Waals surface area contributed by atoms with E-state index in [1.807, 2.05) is 31.2 Å². The van der Waals surface area contributed by atoms with Crippen molar-refractivity contribution in [2.45, 2.75) is 25.9 Å². The largest absolute Gasteiger partial charge is 0.457 e. The van der Waals surface area contributed by atoms with Gasteiger partial charge in [0.05, 0.1) is 5.92 Å². The van der Waals surface area contributed by atoms with Gasteiger partial charge in [-0.2, -0.15) is 0 Å². The van der Waals surface area contributed by atoms with Crippen molar-refractivity contribution in [3.8, 4) is 11.5 Å². The normalized spacial score (nSPS) is 16.0. The number of hydrogen-bond donors (Lipinski definition) is 0. The second-order valence-corrected chi connectivity index (χ2v) is 8.97. The lowest BCUT2D eigenvalue weighted by Crippen LogP contribution is -2.32. The molecule has 0 spiro atoms. The SMILES string of the molecule is Cc1ccc(Oc2ccc(N3C[C@H](C(=O)O[C@@H](CCCl)C(=O)c4ccc(F)cc4)CC3=O)cc2)cc1. The molecular formula is C28H25ClFNO5. The number of benzene rings is 3. The maximum absolute atomic E-state index is 13.2. The number of amides is 1. The number of ether oxygens (including phenoxy) is 2. The summed E-state index contributed by atoms with van der Waals surface area (Å²) in [4.78, 5) is 39.8.